The van der Waals surface area contributed by atoms with Crippen LogP contribution >= 0.6 is 7.82 Å². The molecule has 0 aliphatic carbocycles. The summed E-state index contributed by atoms with van der Waals surface area (Å²) < 4.78 is 39.4. The average molecular weight is 1150 g/mol. The lowest BCUT2D eigenvalue weighted by Gasteiger charge is -2.21. The molecule has 11 nitrogen and oxygen atoms in total. The van der Waals surface area contributed by atoms with E-state index in [2.05, 4.69) is 185 Å². The van der Waals surface area contributed by atoms with Crippen LogP contribution in [0.1, 0.15) is 188 Å². The van der Waals surface area contributed by atoms with E-state index in [0.29, 0.717) is 32.1 Å². The maximum atomic E-state index is 12.9. The molecule has 0 aromatic carbocycles. The summed E-state index contributed by atoms with van der Waals surface area (Å²) in [5.74, 6) is -1.72. The number of phosphoric acid groups is 1. The molecule has 2 N–H and O–H groups in total. The summed E-state index contributed by atoms with van der Waals surface area (Å²) in [6.45, 7) is 4.07. The van der Waals surface area contributed by atoms with Gasteiger partial charge < -0.3 is 24.2 Å². The summed E-state index contributed by atoms with van der Waals surface area (Å²) in [6, 6.07) is 0. The molecule has 0 rings (SSSR count). The molecule has 0 bridgehead atoms. The molecule has 0 aromatic heterocycles. The molecule has 0 fully saturated rings. The van der Waals surface area contributed by atoms with Crippen molar-refractivity contribution in [1.82, 2.24) is 0 Å². The first-order valence-electron chi connectivity index (χ1n) is 30.3. The predicted octanol–water partition coefficient (Wildman–Crippen LogP) is 18.6. The van der Waals surface area contributed by atoms with Gasteiger partial charge in [-0.2, -0.15) is 0 Å². The van der Waals surface area contributed by atoms with Gasteiger partial charge in [-0.25, -0.2) is 4.57 Å². The van der Waals surface area contributed by atoms with Crippen molar-refractivity contribution in [3.05, 3.63) is 194 Å². The van der Waals surface area contributed by atoms with Crippen LogP contribution in [0.2, 0.25) is 0 Å². The molecule has 0 aliphatic rings. The minimum atomic E-state index is -4.81. The van der Waals surface area contributed by atoms with E-state index in [-0.39, 0.29) is 19.3 Å². The lowest BCUT2D eigenvalue weighted by atomic mass is 10.1. The summed E-state index contributed by atoms with van der Waals surface area (Å²) in [6.07, 6.45) is 85.6. The Morgan fingerprint density at radius 3 is 0.951 bits per heavy atom. The normalized spacial score (nSPS) is 14.6. The molecule has 12 heteroatoms. The van der Waals surface area contributed by atoms with E-state index in [1.807, 2.05) is 30.4 Å². The number of ether oxygens (including phenoxy) is 3. The second kappa shape index (κ2) is 61.4. The van der Waals surface area contributed by atoms with Gasteiger partial charge in [-0.05, 0) is 135 Å². The lowest BCUT2D eigenvalue weighted by Crippen LogP contribution is -2.30. The molecule has 0 amide bonds. The smallest absolute Gasteiger partial charge is 0.462 e. The Hall–Kier alpha value is -5.68. The third kappa shape index (κ3) is 59.0. The van der Waals surface area contributed by atoms with E-state index in [1.54, 1.807) is 0 Å². The van der Waals surface area contributed by atoms with Crippen LogP contribution in [0, 0.1) is 0 Å². The first kappa shape index (κ1) is 76.3. The van der Waals surface area contributed by atoms with E-state index in [9.17, 15) is 28.9 Å². The third-order valence-electron chi connectivity index (χ3n) is 11.5. The van der Waals surface area contributed by atoms with Crippen LogP contribution in [-0.2, 0) is 42.2 Å². The Bertz CT molecular complexity index is 2120. The summed E-state index contributed by atoms with van der Waals surface area (Å²) >= 11 is 0. The molecule has 0 spiro atoms. The predicted molar refractivity (Wildman–Crippen MR) is 343 cm³/mol. The van der Waals surface area contributed by atoms with Gasteiger partial charge in [0.25, 0.3) is 0 Å². The van der Waals surface area contributed by atoms with Gasteiger partial charge in [-0.15, -0.1) is 0 Å². The van der Waals surface area contributed by atoms with Crippen LogP contribution in [0.4, 0.5) is 0 Å². The number of carbonyl (C=O) groups excluding carboxylic acids is 3. The van der Waals surface area contributed by atoms with Gasteiger partial charge in [0.15, 0.2) is 6.10 Å². The quantitative estimate of drug-likeness (QED) is 0.0197. The van der Waals surface area contributed by atoms with Crippen molar-refractivity contribution in [2.24, 2.45) is 0 Å². The van der Waals surface area contributed by atoms with Crippen molar-refractivity contribution in [3.8, 4) is 0 Å². The zero-order valence-electron chi connectivity index (χ0n) is 50.4. The second-order valence-electron chi connectivity index (χ2n) is 19.0. The van der Waals surface area contributed by atoms with Crippen LogP contribution < -0.4 is 0 Å². The van der Waals surface area contributed by atoms with Gasteiger partial charge in [0.05, 0.1) is 19.8 Å². The highest BCUT2D eigenvalue weighted by atomic mass is 31.2. The number of esters is 3. The molecular formula is C70H105O11P. The third-order valence-corrected chi connectivity index (χ3v) is 12.5. The van der Waals surface area contributed by atoms with Gasteiger partial charge in [0.1, 0.15) is 12.7 Å². The fourth-order valence-corrected chi connectivity index (χ4v) is 7.83. The highest BCUT2D eigenvalue weighted by molar-refractivity contribution is 7.47. The number of phosphoric ester groups is 1. The van der Waals surface area contributed by atoms with E-state index in [0.717, 1.165) is 116 Å². The Kier molecular flexibility index (Phi) is 57.1. The molecule has 3 unspecified atom stereocenters. The minimum Gasteiger partial charge on any atom is -0.462 e. The van der Waals surface area contributed by atoms with Gasteiger partial charge in [0.2, 0.25) is 0 Å². The van der Waals surface area contributed by atoms with Crippen LogP contribution in [0.3, 0.4) is 0 Å². The lowest BCUT2D eigenvalue weighted by molar-refractivity contribution is -0.161. The fraction of sp³-hybridized carbons (Fsp3) is 0.500. The molecule has 82 heavy (non-hydrogen) atoms. The van der Waals surface area contributed by atoms with Gasteiger partial charge in [-0.3, -0.25) is 23.4 Å². The molecule has 0 heterocycles. The number of hydrogen-bond acceptors (Lipinski definition) is 10. The molecule has 3 atom stereocenters. The van der Waals surface area contributed by atoms with E-state index >= 15 is 0 Å². The second-order valence-corrected chi connectivity index (χ2v) is 20.5. The van der Waals surface area contributed by atoms with E-state index < -0.39 is 64.4 Å². The SMILES string of the molecule is CC/C=C\C/C=C\C/C=C\C/C=C\C/C=C\C/C=C\CCC(=O)OC(CO)COP(=O)(O)OCC(COC(=O)CCCCCC/C=C\C/C=C\C/C=C\C/C=C\CC)OC(=O)CC/C=C\C/C=C\C/C=C\C/C=C\C/C=C\C/C=C\CC. The van der Waals surface area contributed by atoms with Crippen LogP contribution in [0.15, 0.2) is 194 Å². The largest absolute Gasteiger partial charge is 0.472 e. The highest BCUT2D eigenvalue weighted by Gasteiger charge is 2.28. The maximum Gasteiger partial charge on any atom is 0.472 e. The van der Waals surface area contributed by atoms with Crippen molar-refractivity contribution in [1.29, 1.82) is 0 Å². The van der Waals surface area contributed by atoms with Crippen LogP contribution in [0.5, 0.6) is 0 Å². The molecule has 0 saturated carbocycles. The Labute approximate surface area is 496 Å². The number of hydrogen-bond donors (Lipinski definition) is 2. The first-order valence-corrected chi connectivity index (χ1v) is 31.8. The number of rotatable bonds is 53. The number of allylic oxidation sites excluding steroid dienone is 32. The number of carbonyl (C=O) groups is 3. The van der Waals surface area contributed by atoms with Crippen molar-refractivity contribution in [2.45, 2.75) is 200 Å². The Morgan fingerprint density at radius 1 is 0.341 bits per heavy atom. The zero-order valence-corrected chi connectivity index (χ0v) is 51.3. The molecular weight excluding hydrogens is 1050 g/mol. The van der Waals surface area contributed by atoms with E-state index in [4.69, 9.17) is 23.3 Å². The van der Waals surface area contributed by atoms with Crippen molar-refractivity contribution in [2.75, 3.05) is 26.4 Å². The standard InChI is InChI=1S/C70H105O11P/c1-4-7-10-13-16-19-22-25-28-31-33-36-39-42-45-48-51-54-57-60-69(73)80-66(62-71)64-78-82(75,76)79-65-67(63-77-68(72)59-56-53-50-47-44-41-38-35-30-27-24-21-18-15-12-9-6-3)81-70(74)61-58-55-52-49-46-43-40-37-34-32-29-26-23-20-17-14-11-8-5-2/h7-12,16-21,25-30,33-34,36-38,41-43,45-46,51-52,54-55,66-67,71H,4-6,13-15,22-24,31-32,35,39-40,44,47-50,53,56-65H2,1-3H3,(H,75,76)/b10-7-,11-8-,12-9-,19-16-,20-17-,21-18-,28-25-,29-26-,30-27-,36-33-,37-34-,41-38-,45-42-,46-43-,54-51-,55-52-. The van der Waals surface area contributed by atoms with Gasteiger partial charge in [0, 0.05) is 19.3 Å². The Morgan fingerprint density at radius 2 is 0.622 bits per heavy atom. The minimum absolute atomic E-state index is 0.0183. The number of aliphatic hydroxyl groups is 1. The van der Waals surface area contributed by atoms with Crippen molar-refractivity contribution in [3.63, 3.8) is 0 Å². The number of unbranched alkanes of at least 4 members (excludes halogenated alkanes) is 4. The number of aliphatic hydroxyl groups excluding tert-OH is 1. The summed E-state index contributed by atoms with van der Waals surface area (Å²) in [4.78, 5) is 48.6. The topological polar surface area (TPSA) is 155 Å². The summed E-state index contributed by atoms with van der Waals surface area (Å²) in [7, 11) is -4.81. The first-order chi connectivity index (χ1) is 40.2. The molecule has 456 valence electrons. The van der Waals surface area contributed by atoms with Gasteiger partial charge in [-0.1, -0.05) is 228 Å². The average Bonchev–Trinajstić information content (AvgIpc) is 3.47. The molecule has 0 saturated heterocycles. The summed E-state index contributed by atoms with van der Waals surface area (Å²) in [5.41, 5.74) is 0. The molecule has 0 aromatic rings. The van der Waals surface area contributed by atoms with E-state index in [1.165, 1.54) is 0 Å². The molecule has 0 radical (unpaired) electrons. The van der Waals surface area contributed by atoms with Crippen molar-refractivity contribution < 1.29 is 52.2 Å². The zero-order chi connectivity index (χ0) is 59.8. The van der Waals surface area contributed by atoms with Crippen LogP contribution in [-0.4, -0.2) is 66.5 Å². The highest BCUT2D eigenvalue weighted by Crippen LogP contribution is 2.43. The molecule has 0 aliphatic heterocycles. The summed E-state index contributed by atoms with van der Waals surface area (Å²) in [5, 5.41) is 9.83. The monoisotopic (exact) mass is 1150 g/mol. The Balaban J connectivity index is 4.97. The van der Waals surface area contributed by atoms with Crippen LogP contribution in [0.25, 0.3) is 0 Å². The van der Waals surface area contributed by atoms with Crippen molar-refractivity contribution >= 4 is 25.7 Å². The maximum absolute atomic E-state index is 12.9. The van der Waals surface area contributed by atoms with Gasteiger partial charge >= 0.3 is 25.7 Å². The fourth-order valence-electron chi connectivity index (χ4n) is 7.04.